The first kappa shape index (κ1) is 18.9. The third-order valence-electron chi connectivity index (χ3n) is 4.44. The average Bonchev–Trinajstić information content (AvgIpc) is 3.42. The summed E-state index contributed by atoms with van der Waals surface area (Å²) in [7, 11) is 4.02. The van der Waals surface area contributed by atoms with Crippen LogP contribution >= 0.6 is 11.3 Å². The topological polar surface area (TPSA) is 63.0 Å². The molecule has 0 aliphatic carbocycles. The summed E-state index contributed by atoms with van der Waals surface area (Å²) in [6, 6.07) is 21.2. The van der Waals surface area contributed by atoms with Gasteiger partial charge in [0.15, 0.2) is 5.82 Å². The summed E-state index contributed by atoms with van der Waals surface area (Å²) >= 11 is 1.54. The lowest BCUT2D eigenvalue weighted by Crippen LogP contribution is -2.17. The first-order chi connectivity index (χ1) is 14.1. The van der Waals surface area contributed by atoms with Crippen molar-refractivity contribution in [3.63, 3.8) is 0 Å². The zero-order valence-corrected chi connectivity index (χ0v) is 17.1. The summed E-state index contributed by atoms with van der Waals surface area (Å²) < 4.78 is 1.35. The van der Waals surface area contributed by atoms with Crippen LogP contribution in [0.15, 0.2) is 72.1 Å². The highest BCUT2D eigenvalue weighted by Crippen LogP contribution is 2.24. The number of benzene rings is 2. The Morgan fingerprint density at radius 2 is 1.90 bits per heavy atom. The zero-order valence-electron chi connectivity index (χ0n) is 16.2. The van der Waals surface area contributed by atoms with Gasteiger partial charge >= 0.3 is 0 Å². The van der Waals surface area contributed by atoms with E-state index in [1.807, 2.05) is 61.9 Å². The van der Waals surface area contributed by atoms with Gasteiger partial charge < -0.3 is 10.2 Å². The largest absolute Gasteiger partial charge is 0.378 e. The van der Waals surface area contributed by atoms with E-state index in [4.69, 9.17) is 0 Å². The molecule has 7 heteroatoms. The van der Waals surface area contributed by atoms with Crippen LogP contribution in [0.2, 0.25) is 0 Å². The summed E-state index contributed by atoms with van der Waals surface area (Å²) in [6.07, 6.45) is 0. The van der Waals surface area contributed by atoms with Gasteiger partial charge in [0.25, 0.3) is 5.91 Å². The quantitative estimate of drug-likeness (QED) is 0.518. The lowest BCUT2D eigenvalue weighted by Gasteiger charge is -2.14. The molecule has 2 aromatic carbocycles. The highest BCUT2D eigenvalue weighted by Gasteiger charge is 2.19. The maximum atomic E-state index is 13.0. The van der Waals surface area contributed by atoms with Crippen molar-refractivity contribution in [2.75, 3.05) is 24.3 Å². The van der Waals surface area contributed by atoms with Crippen molar-refractivity contribution < 1.29 is 4.79 Å². The van der Waals surface area contributed by atoms with Gasteiger partial charge in [0.05, 0.1) is 4.88 Å². The Hall–Kier alpha value is -3.45. The molecule has 0 aliphatic rings. The molecule has 0 fully saturated rings. The third kappa shape index (κ3) is 4.20. The Morgan fingerprint density at radius 3 is 2.62 bits per heavy atom. The van der Waals surface area contributed by atoms with Crippen molar-refractivity contribution in [1.82, 2.24) is 14.8 Å². The number of aromatic nitrogens is 3. The number of nitrogens with zero attached hydrogens (tertiary/aromatic N) is 4. The minimum atomic E-state index is -0.217. The second-order valence-corrected chi connectivity index (χ2v) is 7.68. The number of hydrogen-bond acceptors (Lipinski definition) is 6. The van der Waals surface area contributed by atoms with Crippen molar-refractivity contribution >= 4 is 28.9 Å². The first-order valence-electron chi connectivity index (χ1n) is 9.22. The highest BCUT2D eigenvalue weighted by molar-refractivity contribution is 7.13. The summed E-state index contributed by atoms with van der Waals surface area (Å²) in [6.45, 7) is 0.534. The van der Waals surface area contributed by atoms with Crippen molar-refractivity contribution in [3.8, 4) is 10.7 Å². The molecule has 0 aliphatic heterocycles. The van der Waals surface area contributed by atoms with Crippen molar-refractivity contribution in [3.05, 3.63) is 83.2 Å². The van der Waals surface area contributed by atoms with Gasteiger partial charge in [-0.15, -0.1) is 16.4 Å². The fourth-order valence-electron chi connectivity index (χ4n) is 2.91. The van der Waals surface area contributed by atoms with Crippen molar-refractivity contribution in [2.24, 2.45) is 0 Å². The molecule has 29 heavy (non-hydrogen) atoms. The van der Waals surface area contributed by atoms with E-state index >= 15 is 0 Å². The molecule has 0 atom stereocenters. The Bertz CT molecular complexity index is 1100. The van der Waals surface area contributed by atoms with E-state index in [0.29, 0.717) is 23.9 Å². The second-order valence-electron chi connectivity index (χ2n) is 6.74. The van der Waals surface area contributed by atoms with E-state index in [1.165, 1.54) is 4.68 Å². The molecule has 4 rings (SSSR count). The van der Waals surface area contributed by atoms with Crippen LogP contribution in [-0.2, 0) is 6.54 Å². The van der Waals surface area contributed by atoms with E-state index in [1.54, 1.807) is 23.5 Å². The summed E-state index contributed by atoms with van der Waals surface area (Å²) in [5.41, 5.74) is 2.77. The van der Waals surface area contributed by atoms with Crippen LogP contribution in [-0.4, -0.2) is 34.8 Å². The number of nitrogens with one attached hydrogen (secondary N) is 1. The summed E-state index contributed by atoms with van der Waals surface area (Å²) in [4.78, 5) is 20.6. The van der Waals surface area contributed by atoms with Crippen LogP contribution in [0.4, 0.5) is 11.6 Å². The first-order valence-corrected chi connectivity index (χ1v) is 10.1. The normalized spacial score (nSPS) is 10.7. The Labute approximate surface area is 173 Å². The molecule has 0 saturated heterocycles. The van der Waals surface area contributed by atoms with Crippen LogP contribution in [0.25, 0.3) is 10.7 Å². The Balaban J connectivity index is 1.64. The number of carbonyl (C=O) groups is 1. The molecular formula is C22H21N5OS. The molecule has 0 amide bonds. The lowest BCUT2D eigenvalue weighted by atomic mass is 10.2. The summed E-state index contributed by atoms with van der Waals surface area (Å²) in [5.74, 6) is 0.747. The van der Waals surface area contributed by atoms with Crippen molar-refractivity contribution in [2.45, 2.75) is 6.54 Å². The van der Waals surface area contributed by atoms with Gasteiger partial charge in [-0.2, -0.15) is 9.67 Å². The number of anilines is 2. The molecule has 146 valence electrons. The van der Waals surface area contributed by atoms with E-state index < -0.39 is 0 Å². The minimum absolute atomic E-state index is 0.217. The molecule has 0 saturated carbocycles. The predicted molar refractivity (Wildman–Crippen MR) is 118 cm³/mol. The standard InChI is InChI=1S/C22H21N5OS/c1-26(2)18-11-6-8-16(14-18)15-23-22-24-20(19-12-7-13-29-19)25-27(22)21(28)17-9-4-3-5-10-17/h3-14H,15H2,1-2H3,(H,23,24,25). The maximum Gasteiger partial charge on any atom is 0.281 e. The van der Waals surface area contributed by atoms with Gasteiger partial charge in [0.2, 0.25) is 5.95 Å². The smallest absolute Gasteiger partial charge is 0.281 e. The molecule has 2 aromatic heterocycles. The van der Waals surface area contributed by atoms with Crippen LogP contribution in [0.3, 0.4) is 0 Å². The highest BCUT2D eigenvalue weighted by atomic mass is 32.1. The van der Waals surface area contributed by atoms with Crippen LogP contribution in [0, 0.1) is 0 Å². The molecule has 0 spiro atoms. The van der Waals surface area contributed by atoms with Crippen LogP contribution in [0.5, 0.6) is 0 Å². The number of carbonyl (C=O) groups excluding carboxylic acids is 1. The average molecular weight is 404 g/mol. The molecule has 0 unspecified atom stereocenters. The predicted octanol–water partition coefficient (Wildman–Crippen LogP) is 4.37. The fraction of sp³-hybridized carbons (Fsp3) is 0.136. The molecule has 0 bridgehead atoms. The maximum absolute atomic E-state index is 13.0. The summed E-state index contributed by atoms with van der Waals surface area (Å²) in [5, 5.41) is 9.73. The monoisotopic (exact) mass is 403 g/mol. The van der Waals surface area contributed by atoms with Gasteiger partial charge in [-0.3, -0.25) is 4.79 Å². The number of rotatable bonds is 6. The molecular weight excluding hydrogens is 382 g/mol. The van der Waals surface area contributed by atoms with Gasteiger partial charge in [-0.25, -0.2) is 0 Å². The van der Waals surface area contributed by atoms with E-state index in [2.05, 4.69) is 32.4 Å². The molecule has 2 heterocycles. The molecule has 6 nitrogen and oxygen atoms in total. The second kappa shape index (κ2) is 8.28. The van der Waals surface area contributed by atoms with Gasteiger partial charge in [0.1, 0.15) is 0 Å². The Morgan fingerprint density at radius 1 is 1.07 bits per heavy atom. The Kier molecular flexibility index (Phi) is 5.39. The van der Waals surface area contributed by atoms with E-state index in [-0.39, 0.29) is 5.91 Å². The molecule has 0 radical (unpaired) electrons. The minimum Gasteiger partial charge on any atom is -0.378 e. The van der Waals surface area contributed by atoms with Crippen LogP contribution < -0.4 is 10.2 Å². The molecule has 4 aromatic rings. The van der Waals surface area contributed by atoms with Gasteiger partial charge in [-0.1, -0.05) is 36.4 Å². The number of thiophene rings is 1. The lowest BCUT2D eigenvalue weighted by molar-refractivity contribution is 0.0947. The van der Waals surface area contributed by atoms with E-state index in [9.17, 15) is 4.79 Å². The third-order valence-corrected chi connectivity index (χ3v) is 5.31. The van der Waals surface area contributed by atoms with Gasteiger partial charge in [-0.05, 0) is 41.3 Å². The SMILES string of the molecule is CN(C)c1cccc(CNc2nc(-c3cccs3)nn2C(=O)c2ccccc2)c1. The molecule has 1 N–H and O–H groups in total. The van der Waals surface area contributed by atoms with Crippen LogP contribution in [0.1, 0.15) is 15.9 Å². The number of hydrogen-bond donors (Lipinski definition) is 1. The van der Waals surface area contributed by atoms with Gasteiger partial charge in [0, 0.05) is 31.9 Å². The zero-order chi connectivity index (χ0) is 20.2. The fourth-order valence-corrected chi connectivity index (χ4v) is 3.56. The van der Waals surface area contributed by atoms with E-state index in [0.717, 1.165) is 16.1 Å². The van der Waals surface area contributed by atoms with Crippen molar-refractivity contribution in [1.29, 1.82) is 0 Å².